The van der Waals surface area contributed by atoms with Gasteiger partial charge in [-0.05, 0) is 16.5 Å². The quantitative estimate of drug-likeness (QED) is 0.423. The number of benzene rings is 3. The van der Waals surface area contributed by atoms with Gasteiger partial charge >= 0.3 is 0 Å². The van der Waals surface area contributed by atoms with E-state index in [1.165, 1.54) is 11.1 Å². The molecule has 0 spiro atoms. The molecule has 0 radical (unpaired) electrons. The van der Waals surface area contributed by atoms with Crippen molar-refractivity contribution in [2.45, 2.75) is 12.1 Å². The van der Waals surface area contributed by atoms with Crippen LogP contribution in [0.5, 0.6) is 0 Å². The van der Waals surface area contributed by atoms with Crippen LogP contribution < -0.4 is 0 Å². The lowest BCUT2D eigenvalue weighted by Crippen LogP contribution is -2.57. The maximum atomic E-state index is 13.6. The number of hydrogen-bond acceptors (Lipinski definition) is 4. The van der Waals surface area contributed by atoms with Gasteiger partial charge in [0, 0.05) is 44.5 Å². The predicted molar refractivity (Wildman–Crippen MR) is 135 cm³/mol. The van der Waals surface area contributed by atoms with Crippen LogP contribution in [0.15, 0.2) is 97.3 Å². The van der Waals surface area contributed by atoms with E-state index in [1.54, 1.807) is 13.3 Å². The minimum atomic E-state index is 0.0287. The summed E-state index contributed by atoms with van der Waals surface area (Å²) in [5.41, 5.74) is 3.14. The number of piperazine rings is 1. The molecule has 1 amide bonds. The van der Waals surface area contributed by atoms with Gasteiger partial charge in [0.2, 0.25) is 0 Å². The zero-order chi connectivity index (χ0) is 23.3. The van der Waals surface area contributed by atoms with Gasteiger partial charge in [0.15, 0.2) is 0 Å². The zero-order valence-electron chi connectivity index (χ0n) is 19.4. The van der Waals surface area contributed by atoms with E-state index in [9.17, 15) is 4.79 Å². The first-order valence-corrected chi connectivity index (χ1v) is 11.7. The molecule has 172 valence electrons. The number of methoxy groups -OCH3 is 1. The fraction of sp³-hybridized carbons (Fsp3) is 0.241. The molecule has 1 atom stereocenters. The fourth-order valence-corrected chi connectivity index (χ4v) is 5.04. The number of hydrogen-bond donors (Lipinski definition) is 0. The van der Waals surface area contributed by atoms with E-state index < -0.39 is 0 Å². The van der Waals surface area contributed by atoms with Crippen molar-refractivity contribution in [3.63, 3.8) is 0 Å². The molecular weight excluding hydrogens is 422 g/mol. The second-order valence-electron chi connectivity index (χ2n) is 8.73. The SMILES string of the molecule is COCC1CN(C(=O)c2cncc3ccccc23)CCN1C(c1ccccc1)c1ccccc1. The Labute approximate surface area is 200 Å². The van der Waals surface area contributed by atoms with E-state index in [0.717, 1.165) is 17.3 Å². The van der Waals surface area contributed by atoms with E-state index in [2.05, 4.69) is 58.4 Å². The Bertz CT molecular complexity index is 1200. The lowest BCUT2D eigenvalue weighted by Gasteiger charge is -2.45. The summed E-state index contributed by atoms with van der Waals surface area (Å²) in [5.74, 6) is 0.0287. The van der Waals surface area contributed by atoms with Crippen molar-refractivity contribution in [3.8, 4) is 0 Å². The average molecular weight is 452 g/mol. The minimum Gasteiger partial charge on any atom is -0.383 e. The number of fused-ring (bicyclic) bond motifs is 1. The molecule has 1 aromatic heterocycles. The number of rotatable bonds is 6. The highest BCUT2D eigenvalue weighted by molar-refractivity contribution is 6.06. The third-order valence-corrected chi connectivity index (χ3v) is 6.64. The van der Waals surface area contributed by atoms with Gasteiger partial charge in [0.1, 0.15) is 0 Å². The van der Waals surface area contributed by atoms with E-state index in [0.29, 0.717) is 25.3 Å². The van der Waals surface area contributed by atoms with Crippen molar-refractivity contribution in [3.05, 3.63) is 114 Å². The number of carbonyl (C=O) groups is 1. The summed E-state index contributed by atoms with van der Waals surface area (Å²) in [6.45, 7) is 2.56. The molecule has 0 saturated carbocycles. The van der Waals surface area contributed by atoms with Crippen LogP contribution >= 0.6 is 0 Å². The Morgan fingerprint density at radius 3 is 2.24 bits per heavy atom. The molecule has 1 unspecified atom stereocenters. The fourth-order valence-electron chi connectivity index (χ4n) is 5.04. The first kappa shape index (κ1) is 22.3. The maximum absolute atomic E-state index is 13.6. The molecule has 3 aromatic carbocycles. The Kier molecular flexibility index (Phi) is 6.65. The van der Waals surface area contributed by atoms with Crippen LogP contribution in [0.4, 0.5) is 0 Å². The highest BCUT2D eigenvalue weighted by Gasteiger charge is 2.35. The highest BCUT2D eigenvalue weighted by atomic mass is 16.5. The summed E-state index contributed by atoms with van der Waals surface area (Å²) >= 11 is 0. The minimum absolute atomic E-state index is 0.0287. The van der Waals surface area contributed by atoms with E-state index in [4.69, 9.17) is 4.74 Å². The van der Waals surface area contributed by atoms with Crippen LogP contribution in [0.2, 0.25) is 0 Å². The lowest BCUT2D eigenvalue weighted by atomic mass is 9.94. The van der Waals surface area contributed by atoms with Crippen molar-refractivity contribution in [1.82, 2.24) is 14.8 Å². The summed E-state index contributed by atoms with van der Waals surface area (Å²) in [6.07, 6.45) is 3.50. The van der Waals surface area contributed by atoms with Crippen molar-refractivity contribution in [1.29, 1.82) is 0 Å². The molecule has 5 nitrogen and oxygen atoms in total. The predicted octanol–water partition coefficient (Wildman–Crippen LogP) is 4.80. The van der Waals surface area contributed by atoms with E-state index >= 15 is 0 Å². The van der Waals surface area contributed by atoms with E-state index in [-0.39, 0.29) is 18.0 Å². The third-order valence-electron chi connectivity index (χ3n) is 6.64. The molecule has 2 heterocycles. The first-order valence-electron chi connectivity index (χ1n) is 11.7. The van der Waals surface area contributed by atoms with Crippen molar-refractivity contribution >= 4 is 16.7 Å². The maximum Gasteiger partial charge on any atom is 0.256 e. The van der Waals surface area contributed by atoms with Gasteiger partial charge in [-0.25, -0.2) is 0 Å². The molecule has 1 aliphatic heterocycles. The molecule has 34 heavy (non-hydrogen) atoms. The number of amides is 1. The second-order valence-corrected chi connectivity index (χ2v) is 8.73. The van der Waals surface area contributed by atoms with Gasteiger partial charge in [-0.1, -0.05) is 84.9 Å². The molecular formula is C29H29N3O2. The summed E-state index contributed by atoms with van der Waals surface area (Å²) in [5, 5.41) is 1.92. The standard InChI is InChI=1S/C29H29N3O2/c1-34-21-25-20-31(29(33)27-19-30-18-24-14-8-9-15-26(24)27)16-17-32(25)28(22-10-4-2-5-11-22)23-12-6-3-7-13-23/h2-15,18-19,25,28H,16-17,20-21H2,1H3. The second kappa shape index (κ2) is 10.2. The highest BCUT2D eigenvalue weighted by Crippen LogP contribution is 2.32. The van der Waals surface area contributed by atoms with Gasteiger partial charge in [0.25, 0.3) is 5.91 Å². The lowest BCUT2D eigenvalue weighted by molar-refractivity contribution is 0.00975. The number of aromatic nitrogens is 1. The van der Waals surface area contributed by atoms with Gasteiger partial charge in [-0.3, -0.25) is 14.7 Å². The third kappa shape index (κ3) is 4.45. The number of nitrogens with zero attached hydrogens (tertiary/aromatic N) is 3. The topological polar surface area (TPSA) is 45.7 Å². The monoisotopic (exact) mass is 451 g/mol. The molecule has 1 saturated heterocycles. The van der Waals surface area contributed by atoms with Gasteiger partial charge in [-0.15, -0.1) is 0 Å². The molecule has 0 N–H and O–H groups in total. The largest absolute Gasteiger partial charge is 0.383 e. The van der Waals surface area contributed by atoms with Crippen LogP contribution in [0.25, 0.3) is 10.8 Å². The Balaban J connectivity index is 1.45. The Hall–Kier alpha value is -3.54. The molecule has 4 aromatic rings. The van der Waals surface area contributed by atoms with Crippen molar-refractivity contribution < 1.29 is 9.53 Å². The number of pyridine rings is 1. The molecule has 1 fully saturated rings. The average Bonchev–Trinajstić information content (AvgIpc) is 2.90. The van der Waals surface area contributed by atoms with Crippen LogP contribution in [0.3, 0.4) is 0 Å². The number of ether oxygens (including phenoxy) is 1. The Morgan fingerprint density at radius 1 is 0.912 bits per heavy atom. The van der Waals surface area contributed by atoms with Crippen LogP contribution in [-0.4, -0.2) is 60.1 Å². The van der Waals surface area contributed by atoms with Gasteiger partial charge < -0.3 is 9.64 Å². The zero-order valence-corrected chi connectivity index (χ0v) is 19.4. The van der Waals surface area contributed by atoms with Crippen LogP contribution in [0.1, 0.15) is 27.5 Å². The molecule has 5 heteroatoms. The van der Waals surface area contributed by atoms with Crippen LogP contribution in [0, 0.1) is 0 Å². The summed E-state index contributed by atoms with van der Waals surface area (Å²) in [6, 6.07) is 29.3. The first-order chi connectivity index (χ1) is 16.8. The van der Waals surface area contributed by atoms with Gasteiger partial charge in [-0.2, -0.15) is 0 Å². The summed E-state index contributed by atoms with van der Waals surface area (Å²) < 4.78 is 5.65. The number of carbonyl (C=O) groups excluding carboxylic acids is 1. The normalized spacial score (nSPS) is 16.8. The van der Waals surface area contributed by atoms with Crippen molar-refractivity contribution in [2.24, 2.45) is 0 Å². The van der Waals surface area contributed by atoms with Gasteiger partial charge in [0.05, 0.1) is 24.3 Å². The van der Waals surface area contributed by atoms with E-state index in [1.807, 2.05) is 47.5 Å². The summed E-state index contributed by atoms with van der Waals surface area (Å²) in [7, 11) is 1.73. The molecule has 1 aliphatic rings. The van der Waals surface area contributed by atoms with Crippen molar-refractivity contribution in [2.75, 3.05) is 33.4 Å². The molecule has 5 rings (SSSR count). The molecule has 0 bridgehead atoms. The smallest absolute Gasteiger partial charge is 0.256 e. The molecule has 0 aliphatic carbocycles. The van der Waals surface area contributed by atoms with Crippen LogP contribution in [-0.2, 0) is 4.74 Å². The Morgan fingerprint density at radius 2 is 1.56 bits per heavy atom. The summed E-state index contributed by atoms with van der Waals surface area (Å²) in [4.78, 5) is 22.4.